The zero-order valence-electron chi connectivity index (χ0n) is 14.0. The van der Waals surface area contributed by atoms with Crippen LogP contribution in [0, 0.1) is 5.92 Å². The lowest BCUT2D eigenvalue weighted by Crippen LogP contribution is -2.14. The number of allylic oxidation sites excluding steroid dienone is 2. The van der Waals surface area contributed by atoms with Crippen molar-refractivity contribution in [3.63, 3.8) is 0 Å². The Bertz CT molecular complexity index is 548. The van der Waals surface area contributed by atoms with Gasteiger partial charge in [0.15, 0.2) is 0 Å². The monoisotopic (exact) mass is 292 g/mol. The molecule has 0 bridgehead atoms. The van der Waals surface area contributed by atoms with Crippen molar-refractivity contribution >= 4 is 5.57 Å². The van der Waals surface area contributed by atoms with Crippen molar-refractivity contribution in [1.29, 1.82) is 0 Å². The van der Waals surface area contributed by atoms with Gasteiger partial charge in [-0.25, -0.2) is 4.79 Å². The van der Waals surface area contributed by atoms with Crippen LogP contribution in [0.2, 0.25) is 0 Å². The molecule has 0 saturated carbocycles. The first-order valence-electron chi connectivity index (χ1n) is 8.07. The quantitative estimate of drug-likeness (QED) is 0.792. The molecule has 0 unspecified atom stereocenters. The van der Waals surface area contributed by atoms with Gasteiger partial charge in [-0.15, -0.1) is 0 Å². The molecule has 0 spiro atoms. The van der Waals surface area contributed by atoms with E-state index in [-0.39, 0.29) is 5.75 Å². The van der Waals surface area contributed by atoms with Crippen molar-refractivity contribution in [3.05, 3.63) is 33.4 Å². The molecule has 0 saturated heterocycles. The molecule has 0 aliphatic rings. The topological polar surface area (TPSA) is 50.4 Å². The lowest BCUT2D eigenvalue weighted by atomic mass is 9.90. The lowest BCUT2D eigenvalue weighted by molar-refractivity contribution is 0.402. The average Bonchev–Trinajstić information content (AvgIpc) is 2.48. The Morgan fingerprint density at radius 1 is 1.19 bits per heavy atom. The molecular formula is C18H28O3. The highest BCUT2D eigenvalue weighted by Crippen LogP contribution is 2.33. The van der Waals surface area contributed by atoms with E-state index in [1.54, 1.807) is 0 Å². The number of hydrogen-bond acceptors (Lipinski definition) is 3. The molecule has 1 heterocycles. The number of aromatic hydroxyl groups is 1. The SMILES string of the molecule is C/C=C(\CC)c1oc(=O)c(CC)c(O)c1CC(CC)CC. The smallest absolute Gasteiger partial charge is 0.343 e. The van der Waals surface area contributed by atoms with Gasteiger partial charge in [-0.2, -0.15) is 0 Å². The van der Waals surface area contributed by atoms with Gasteiger partial charge in [-0.05, 0) is 37.7 Å². The van der Waals surface area contributed by atoms with Crippen LogP contribution in [0.5, 0.6) is 5.75 Å². The minimum atomic E-state index is -0.411. The third-order valence-electron chi connectivity index (χ3n) is 4.31. The standard InChI is InChI=1S/C18H28O3/c1-6-12(7-2)11-15-16(19)14(10-5)18(20)21-17(15)13(8-3)9-4/h8,12,19H,6-7,9-11H2,1-5H3/b13-8+. The summed E-state index contributed by atoms with van der Waals surface area (Å²) in [6.07, 6.45) is 6.07. The maximum atomic E-state index is 12.1. The highest BCUT2D eigenvalue weighted by molar-refractivity contribution is 5.66. The van der Waals surface area contributed by atoms with E-state index in [9.17, 15) is 9.90 Å². The van der Waals surface area contributed by atoms with Gasteiger partial charge < -0.3 is 9.52 Å². The molecule has 1 aromatic rings. The summed E-state index contributed by atoms with van der Waals surface area (Å²) in [5.74, 6) is 1.21. The Balaban J connectivity index is 3.51. The van der Waals surface area contributed by atoms with Gasteiger partial charge >= 0.3 is 5.63 Å². The highest BCUT2D eigenvalue weighted by atomic mass is 16.4. The van der Waals surface area contributed by atoms with Crippen molar-refractivity contribution in [3.8, 4) is 5.75 Å². The van der Waals surface area contributed by atoms with Crippen molar-refractivity contribution in [2.45, 2.75) is 66.7 Å². The molecular weight excluding hydrogens is 264 g/mol. The van der Waals surface area contributed by atoms with E-state index in [0.717, 1.165) is 36.8 Å². The second-order valence-corrected chi connectivity index (χ2v) is 5.43. The normalized spacial score (nSPS) is 12.2. The second-order valence-electron chi connectivity index (χ2n) is 5.43. The predicted molar refractivity (Wildman–Crippen MR) is 87.7 cm³/mol. The molecule has 0 amide bonds. The minimum Gasteiger partial charge on any atom is -0.507 e. The van der Waals surface area contributed by atoms with Gasteiger partial charge in [0.2, 0.25) is 0 Å². The fraction of sp³-hybridized carbons (Fsp3) is 0.611. The van der Waals surface area contributed by atoms with Crippen molar-refractivity contribution in [1.82, 2.24) is 0 Å². The first kappa shape index (κ1) is 17.5. The van der Waals surface area contributed by atoms with Gasteiger partial charge in [-0.3, -0.25) is 0 Å². The Morgan fingerprint density at radius 3 is 2.24 bits per heavy atom. The molecule has 21 heavy (non-hydrogen) atoms. The first-order valence-corrected chi connectivity index (χ1v) is 8.07. The van der Waals surface area contributed by atoms with Crippen molar-refractivity contribution in [2.24, 2.45) is 5.92 Å². The van der Waals surface area contributed by atoms with Crippen molar-refractivity contribution < 1.29 is 9.52 Å². The summed E-state index contributed by atoms with van der Waals surface area (Å²) in [5, 5.41) is 10.5. The van der Waals surface area contributed by atoms with Crippen LogP contribution >= 0.6 is 0 Å². The van der Waals surface area contributed by atoms with Gasteiger partial charge in [0.05, 0.1) is 5.56 Å². The summed E-state index contributed by atoms with van der Waals surface area (Å²) in [6, 6.07) is 0. The summed E-state index contributed by atoms with van der Waals surface area (Å²) in [6.45, 7) is 10.1. The van der Waals surface area contributed by atoms with E-state index in [4.69, 9.17) is 4.42 Å². The van der Waals surface area contributed by atoms with Crippen LogP contribution in [0.3, 0.4) is 0 Å². The molecule has 0 aliphatic carbocycles. The van der Waals surface area contributed by atoms with Crippen LogP contribution in [-0.4, -0.2) is 5.11 Å². The van der Waals surface area contributed by atoms with E-state index in [2.05, 4.69) is 13.8 Å². The van der Waals surface area contributed by atoms with E-state index >= 15 is 0 Å². The molecule has 118 valence electrons. The maximum Gasteiger partial charge on any atom is 0.343 e. The lowest BCUT2D eigenvalue weighted by Gasteiger charge is -2.18. The minimum absolute atomic E-state index is 0.142. The fourth-order valence-corrected chi connectivity index (χ4v) is 2.72. The third kappa shape index (κ3) is 3.78. The summed E-state index contributed by atoms with van der Waals surface area (Å²) in [7, 11) is 0. The van der Waals surface area contributed by atoms with Crippen LogP contribution in [0.1, 0.15) is 70.8 Å². The van der Waals surface area contributed by atoms with E-state index in [1.165, 1.54) is 0 Å². The molecule has 1 rings (SSSR count). The molecule has 0 fully saturated rings. The Hall–Kier alpha value is -1.51. The van der Waals surface area contributed by atoms with Crippen LogP contribution < -0.4 is 5.63 Å². The molecule has 0 radical (unpaired) electrons. The molecule has 1 N–H and O–H groups in total. The Morgan fingerprint density at radius 2 is 1.81 bits per heavy atom. The van der Waals surface area contributed by atoms with Gasteiger partial charge in [0.1, 0.15) is 11.5 Å². The van der Waals surface area contributed by atoms with Crippen LogP contribution in [0.25, 0.3) is 5.57 Å². The summed E-state index contributed by atoms with van der Waals surface area (Å²) >= 11 is 0. The van der Waals surface area contributed by atoms with Crippen LogP contribution in [-0.2, 0) is 12.8 Å². The molecule has 0 aliphatic heterocycles. The van der Waals surface area contributed by atoms with E-state index in [1.807, 2.05) is 26.8 Å². The molecule has 0 atom stereocenters. The first-order chi connectivity index (χ1) is 10.0. The molecule has 0 aromatic carbocycles. The Kier molecular flexibility index (Phi) is 6.73. The molecule has 3 nitrogen and oxygen atoms in total. The summed E-state index contributed by atoms with van der Waals surface area (Å²) in [5.41, 5.74) is 1.76. The third-order valence-corrected chi connectivity index (χ3v) is 4.31. The van der Waals surface area contributed by atoms with Gasteiger partial charge in [0.25, 0.3) is 0 Å². The number of hydrogen-bond donors (Lipinski definition) is 1. The predicted octanol–water partition coefficient (Wildman–Crippen LogP) is 4.70. The van der Waals surface area contributed by atoms with E-state index in [0.29, 0.717) is 23.7 Å². The maximum absolute atomic E-state index is 12.1. The van der Waals surface area contributed by atoms with Crippen LogP contribution in [0.4, 0.5) is 0 Å². The second kappa shape index (κ2) is 8.06. The zero-order valence-corrected chi connectivity index (χ0v) is 14.0. The molecule has 3 heteroatoms. The highest BCUT2D eigenvalue weighted by Gasteiger charge is 2.21. The Labute approximate surface area is 127 Å². The summed E-state index contributed by atoms with van der Waals surface area (Å²) < 4.78 is 5.56. The largest absolute Gasteiger partial charge is 0.507 e. The van der Waals surface area contributed by atoms with Crippen molar-refractivity contribution in [2.75, 3.05) is 0 Å². The van der Waals surface area contributed by atoms with Gasteiger partial charge in [0, 0.05) is 5.56 Å². The summed E-state index contributed by atoms with van der Waals surface area (Å²) in [4.78, 5) is 12.1. The zero-order chi connectivity index (χ0) is 16.0. The van der Waals surface area contributed by atoms with E-state index < -0.39 is 5.63 Å². The number of rotatable bonds is 7. The fourth-order valence-electron chi connectivity index (χ4n) is 2.72. The molecule has 1 aromatic heterocycles. The average molecular weight is 292 g/mol. The van der Waals surface area contributed by atoms with Gasteiger partial charge in [-0.1, -0.05) is 46.6 Å². The van der Waals surface area contributed by atoms with Crippen LogP contribution in [0.15, 0.2) is 15.3 Å².